The van der Waals surface area contributed by atoms with Crippen LogP contribution >= 0.6 is 11.6 Å². The molecule has 0 spiro atoms. The van der Waals surface area contributed by atoms with Gasteiger partial charge in [-0.2, -0.15) is 0 Å². The van der Waals surface area contributed by atoms with E-state index in [0.29, 0.717) is 15.8 Å². The Morgan fingerprint density at radius 3 is 2.73 bits per heavy atom. The van der Waals surface area contributed by atoms with Gasteiger partial charge in [-0.25, -0.2) is 4.79 Å². The van der Waals surface area contributed by atoms with Crippen molar-refractivity contribution in [2.45, 2.75) is 0 Å². The molecule has 0 saturated heterocycles. The van der Waals surface area contributed by atoms with Gasteiger partial charge < -0.3 is 10.1 Å². The number of fused-ring (bicyclic) bond motifs is 1. The Bertz CT molecular complexity index is 603. The minimum absolute atomic E-state index is 0.0344. The molecule has 76 valence electrons. The lowest BCUT2D eigenvalue weighted by atomic mass is 10.1. The Kier molecular flexibility index (Phi) is 2.21. The zero-order valence-electron chi connectivity index (χ0n) is 7.45. The first-order valence-electron chi connectivity index (χ1n) is 4.14. The van der Waals surface area contributed by atoms with Gasteiger partial charge in [-0.05, 0) is 18.2 Å². The van der Waals surface area contributed by atoms with Crippen LogP contribution in [0, 0.1) is 0 Å². The molecule has 4 nitrogen and oxygen atoms in total. The third-order valence-electron chi connectivity index (χ3n) is 2.09. The molecule has 0 fully saturated rings. The molecule has 0 aliphatic heterocycles. The molecule has 0 radical (unpaired) electrons. The highest BCUT2D eigenvalue weighted by Crippen LogP contribution is 2.19. The summed E-state index contributed by atoms with van der Waals surface area (Å²) in [5.74, 6) is -1.10. The van der Waals surface area contributed by atoms with Crippen LogP contribution < -0.4 is 5.56 Å². The average molecular weight is 224 g/mol. The smallest absolute Gasteiger partial charge is 0.337 e. The number of hydrogen-bond donors (Lipinski definition) is 2. The van der Waals surface area contributed by atoms with Gasteiger partial charge in [0.05, 0.1) is 5.56 Å². The van der Waals surface area contributed by atoms with Crippen LogP contribution in [0.15, 0.2) is 29.2 Å². The third kappa shape index (κ3) is 1.59. The largest absolute Gasteiger partial charge is 0.478 e. The summed E-state index contributed by atoms with van der Waals surface area (Å²) < 4.78 is 0. The standard InChI is InChI=1S/C10H6ClNO3/c11-5-1-2-6-7(3-5)8(10(14)15)4-12-9(6)13/h1-4H,(H,12,13)(H,14,15). The molecule has 0 bridgehead atoms. The number of H-pyrrole nitrogens is 1. The molecule has 1 aromatic heterocycles. The van der Waals surface area contributed by atoms with Gasteiger partial charge in [-0.3, -0.25) is 4.79 Å². The quantitative estimate of drug-likeness (QED) is 0.776. The number of pyridine rings is 1. The highest BCUT2D eigenvalue weighted by Gasteiger charge is 2.10. The molecule has 0 aliphatic rings. The molecule has 0 unspecified atom stereocenters. The molecule has 0 atom stereocenters. The van der Waals surface area contributed by atoms with Crippen LogP contribution in [0.25, 0.3) is 10.8 Å². The second-order valence-electron chi connectivity index (χ2n) is 3.03. The minimum atomic E-state index is -1.10. The number of aromatic carboxylic acids is 1. The van der Waals surface area contributed by atoms with E-state index in [1.54, 1.807) is 6.07 Å². The normalized spacial score (nSPS) is 10.5. The number of carboxylic acid groups (broad SMARTS) is 1. The summed E-state index contributed by atoms with van der Waals surface area (Å²) in [5, 5.41) is 9.96. The van der Waals surface area contributed by atoms with Crippen molar-refractivity contribution in [3.63, 3.8) is 0 Å². The predicted octanol–water partition coefficient (Wildman–Crippen LogP) is 1.88. The number of aromatic amines is 1. The van der Waals surface area contributed by atoms with E-state index in [-0.39, 0.29) is 11.1 Å². The van der Waals surface area contributed by atoms with Gasteiger partial charge in [0.1, 0.15) is 0 Å². The van der Waals surface area contributed by atoms with Gasteiger partial charge in [0.25, 0.3) is 5.56 Å². The maximum Gasteiger partial charge on any atom is 0.337 e. The van der Waals surface area contributed by atoms with Gasteiger partial charge in [0.2, 0.25) is 0 Å². The minimum Gasteiger partial charge on any atom is -0.478 e. The molecule has 15 heavy (non-hydrogen) atoms. The van der Waals surface area contributed by atoms with Crippen LogP contribution in [0.2, 0.25) is 5.02 Å². The van der Waals surface area contributed by atoms with Crippen molar-refractivity contribution in [3.8, 4) is 0 Å². The van der Waals surface area contributed by atoms with Crippen LogP contribution in [0.1, 0.15) is 10.4 Å². The molecule has 0 saturated carbocycles. The molecule has 5 heteroatoms. The molecule has 2 N–H and O–H groups in total. The first-order chi connectivity index (χ1) is 7.09. The van der Waals surface area contributed by atoms with Crippen molar-refractivity contribution in [1.82, 2.24) is 4.98 Å². The monoisotopic (exact) mass is 223 g/mol. The molecule has 1 heterocycles. The van der Waals surface area contributed by atoms with E-state index in [0.717, 1.165) is 0 Å². The third-order valence-corrected chi connectivity index (χ3v) is 2.33. The van der Waals surface area contributed by atoms with Gasteiger partial charge in [-0.1, -0.05) is 11.6 Å². The van der Waals surface area contributed by atoms with Crippen LogP contribution in [-0.4, -0.2) is 16.1 Å². The molecule has 0 amide bonds. The summed E-state index contributed by atoms with van der Waals surface area (Å²) >= 11 is 5.74. The Morgan fingerprint density at radius 1 is 1.33 bits per heavy atom. The summed E-state index contributed by atoms with van der Waals surface area (Å²) in [6, 6.07) is 4.52. The van der Waals surface area contributed by atoms with Crippen LogP contribution in [0.3, 0.4) is 0 Å². The van der Waals surface area contributed by atoms with Crippen molar-refractivity contribution < 1.29 is 9.90 Å². The van der Waals surface area contributed by atoms with E-state index in [2.05, 4.69) is 4.98 Å². The van der Waals surface area contributed by atoms with Crippen LogP contribution in [-0.2, 0) is 0 Å². The lowest BCUT2D eigenvalue weighted by Crippen LogP contribution is -2.09. The molecular weight excluding hydrogens is 218 g/mol. The van der Waals surface area contributed by atoms with Gasteiger partial charge >= 0.3 is 5.97 Å². The Morgan fingerprint density at radius 2 is 2.07 bits per heavy atom. The number of hydrogen-bond acceptors (Lipinski definition) is 2. The predicted molar refractivity (Wildman–Crippen MR) is 56.5 cm³/mol. The fourth-order valence-electron chi connectivity index (χ4n) is 1.41. The summed E-state index contributed by atoms with van der Waals surface area (Å²) in [5.41, 5.74) is -0.293. The highest BCUT2D eigenvalue weighted by molar-refractivity contribution is 6.31. The number of aromatic nitrogens is 1. The highest BCUT2D eigenvalue weighted by atomic mass is 35.5. The Hall–Kier alpha value is -1.81. The van der Waals surface area contributed by atoms with Crippen molar-refractivity contribution in [1.29, 1.82) is 0 Å². The van der Waals surface area contributed by atoms with Gasteiger partial charge in [0.15, 0.2) is 0 Å². The fraction of sp³-hybridized carbons (Fsp3) is 0. The van der Waals surface area contributed by atoms with E-state index in [9.17, 15) is 9.59 Å². The summed E-state index contributed by atoms with van der Waals surface area (Å²) in [7, 11) is 0. The lowest BCUT2D eigenvalue weighted by molar-refractivity contribution is 0.0698. The molecule has 1 aromatic carbocycles. The molecule has 2 rings (SSSR count). The summed E-state index contributed by atoms with van der Waals surface area (Å²) in [6.07, 6.45) is 1.17. The zero-order valence-corrected chi connectivity index (χ0v) is 8.21. The Labute approximate surface area is 89.1 Å². The number of benzene rings is 1. The number of carboxylic acids is 1. The first kappa shape index (κ1) is 9.73. The zero-order chi connectivity index (χ0) is 11.0. The number of carbonyl (C=O) groups is 1. The number of nitrogens with one attached hydrogen (secondary N) is 1. The molecular formula is C10H6ClNO3. The van der Waals surface area contributed by atoms with Crippen molar-refractivity contribution in [2.75, 3.05) is 0 Å². The van der Waals surface area contributed by atoms with Crippen molar-refractivity contribution >= 4 is 28.3 Å². The second kappa shape index (κ2) is 3.40. The van der Waals surface area contributed by atoms with E-state index < -0.39 is 5.97 Å². The number of rotatable bonds is 1. The van der Waals surface area contributed by atoms with Crippen molar-refractivity contribution in [3.05, 3.63) is 45.3 Å². The van der Waals surface area contributed by atoms with Crippen LogP contribution in [0.4, 0.5) is 0 Å². The van der Waals surface area contributed by atoms with E-state index >= 15 is 0 Å². The topological polar surface area (TPSA) is 70.2 Å². The molecule has 2 aromatic rings. The average Bonchev–Trinajstić information content (AvgIpc) is 2.17. The van der Waals surface area contributed by atoms with E-state index in [1.807, 2.05) is 0 Å². The van der Waals surface area contributed by atoms with Gasteiger partial charge in [-0.15, -0.1) is 0 Å². The van der Waals surface area contributed by atoms with Gasteiger partial charge in [0, 0.05) is 22.0 Å². The Balaban J connectivity index is 2.96. The fourth-order valence-corrected chi connectivity index (χ4v) is 1.58. The van der Waals surface area contributed by atoms with E-state index in [1.165, 1.54) is 18.3 Å². The molecule has 0 aliphatic carbocycles. The number of halogens is 1. The summed E-state index contributed by atoms with van der Waals surface area (Å²) in [4.78, 5) is 24.6. The second-order valence-corrected chi connectivity index (χ2v) is 3.46. The SMILES string of the molecule is O=C(O)c1c[nH]c(=O)c2ccc(Cl)cc12. The maximum absolute atomic E-state index is 11.4. The van der Waals surface area contributed by atoms with Crippen LogP contribution in [0.5, 0.6) is 0 Å². The lowest BCUT2D eigenvalue weighted by Gasteiger charge is -2.01. The summed E-state index contributed by atoms with van der Waals surface area (Å²) in [6.45, 7) is 0. The maximum atomic E-state index is 11.4. The first-order valence-corrected chi connectivity index (χ1v) is 4.51. The van der Waals surface area contributed by atoms with Crippen molar-refractivity contribution in [2.24, 2.45) is 0 Å². The van der Waals surface area contributed by atoms with E-state index in [4.69, 9.17) is 16.7 Å².